The third kappa shape index (κ3) is 5.68. The van der Waals surface area contributed by atoms with Crippen LogP contribution in [0.3, 0.4) is 0 Å². The zero-order valence-electron chi connectivity index (χ0n) is 19.2. The van der Waals surface area contributed by atoms with Crippen LogP contribution in [-0.4, -0.2) is 53.4 Å². The lowest BCUT2D eigenvalue weighted by Gasteiger charge is -2.21. The molecule has 1 amide bonds. The van der Waals surface area contributed by atoms with Crippen LogP contribution in [0, 0.1) is 11.3 Å². The number of rotatable bonds is 10. The second kappa shape index (κ2) is 8.76. The number of carbonyl (C=O) groups excluding carboxylic acids is 1. The number of aliphatic hydroxyl groups excluding tert-OH is 1. The number of carbonyl (C=O) groups is 1. The minimum atomic E-state index is -1.16. The topological polar surface area (TPSA) is 89.3 Å². The van der Waals surface area contributed by atoms with E-state index in [4.69, 9.17) is 9.72 Å². The summed E-state index contributed by atoms with van der Waals surface area (Å²) in [7, 11) is -1.16. The van der Waals surface area contributed by atoms with Crippen molar-refractivity contribution in [2.75, 3.05) is 19.8 Å². The third-order valence-electron chi connectivity index (χ3n) is 5.70. The van der Waals surface area contributed by atoms with Crippen molar-refractivity contribution in [3.63, 3.8) is 0 Å². The van der Waals surface area contributed by atoms with Gasteiger partial charge < -0.3 is 19.7 Å². The second-order valence-electron chi connectivity index (χ2n) is 10.7. The Kier molecular flexibility index (Phi) is 6.69. The van der Waals surface area contributed by atoms with E-state index in [1.54, 1.807) is 6.20 Å². The summed E-state index contributed by atoms with van der Waals surface area (Å²) in [4.78, 5) is 22.4. The number of aliphatic hydroxyl groups is 1. The van der Waals surface area contributed by atoms with Gasteiger partial charge in [0.25, 0.3) is 5.91 Å². The fraction of sp³-hybridized carbons (Fsp3) is 0.682. The standard InChI is InChI=1S/C22H36N4O3Si/c1-15-9-16(15)18-10-23-20-19(25-18)17(21(28)24-12-22(2,3)13-27)11-26(20)14-29-7-8-30(4,5)6/h10-11,15-16,27H,7-9,12-14H2,1-6H3,(H,24,28)/t15-,16-/m1/s1. The van der Waals surface area contributed by atoms with Gasteiger partial charge in [-0.2, -0.15) is 0 Å². The van der Waals surface area contributed by atoms with Crippen molar-refractivity contribution in [3.05, 3.63) is 23.7 Å². The molecule has 30 heavy (non-hydrogen) atoms. The molecule has 0 aromatic carbocycles. The lowest BCUT2D eigenvalue weighted by Crippen LogP contribution is -2.36. The van der Waals surface area contributed by atoms with Crippen molar-refractivity contribution in [1.29, 1.82) is 0 Å². The monoisotopic (exact) mass is 432 g/mol. The van der Waals surface area contributed by atoms with E-state index in [2.05, 4.69) is 36.9 Å². The van der Waals surface area contributed by atoms with E-state index in [1.807, 2.05) is 24.6 Å². The molecule has 0 aliphatic heterocycles. The van der Waals surface area contributed by atoms with E-state index in [1.165, 1.54) is 0 Å². The summed E-state index contributed by atoms with van der Waals surface area (Å²) >= 11 is 0. The lowest BCUT2D eigenvalue weighted by atomic mass is 9.95. The van der Waals surface area contributed by atoms with Crippen LogP contribution in [0.5, 0.6) is 0 Å². The molecule has 1 aliphatic carbocycles. The zero-order valence-corrected chi connectivity index (χ0v) is 20.2. The molecule has 7 nitrogen and oxygen atoms in total. The van der Waals surface area contributed by atoms with Gasteiger partial charge in [0.05, 0.1) is 17.5 Å². The van der Waals surface area contributed by atoms with Gasteiger partial charge in [-0.25, -0.2) is 9.97 Å². The minimum Gasteiger partial charge on any atom is -0.396 e. The van der Waals surface area contributed by atoms with Gasteiger partial charge in [-0.3, -0.25) is 4.79 Å². The molecule has 1 aliphatic rings. The van der Waals surface area contributed by atoms with Crippen molar-refractivity contribution >= 4 is 25.1 Å². The number of ether oxygens (including phenoxy) is 1. The summed E-state index contributed by atoms with van der Waals surface area (Å²) in [6.45, 7) is 14.4. The molecule has 2 heterocycles. The quantitative estimate of drug-likeness (QED) is 0.442. The number of fused-ring (bicyclic) bond motifs is 1. The van der Waals surface area contributed by atoms with Gasteiger partial charge in [-0.15, -0.1) is 0 Å². The van der Waals surface area contributed by atoms with Crippen molar-refractivity contribution in [2.24, 2.45) is 11.3 Å². The van der Waals surface area contributed by atoms with Gasteiger partial charge in [-0.05, 0) is 18.4 Å². The first-order valence-electron chi connectivity index (χ1n) is 10.8. The summed E-state index contributed by atoms with van der Waals surface area (Å²) < 4.78 is 7.77. The highest BCUT2D eigenvalue weighted by molar-refractivity contribution is 6.76. The molecule has 0 unspecified atom stereocenters. The average Bonchev–Trinajstić information content (AvgIpc) is 3.30. The number of hydrogen-bond acceptors (Lipinski definition) is 5. The summed E-state index contributed by atoms with van der Waals surface area (Å²) in [5.41, 5.74) is 2.38. The Morgan fingerprint density at radius 2 is 2.10 bits per heavy atom. The number of hydrogen-bond donors (Lipinski definition) is 2. The zero-order chi connectivity index (χ0) is 22.1. The Labute approximate surface area is 180 Å². The number of nitrogens with one attached hydrogen (secondary N) is 1. The molecule has 2 N–H and O–H groups in total. The Morgan fingerprint density at radius 3 is 2.70 bits per heavy atom. The second-order valence-corrected chi connectivity index (χ2v) is 16.3. The van der Waals surface area contributed by atoms with Gasteiger partial charge in [0.15, 0.2) is 5.65 Å². The van der Waals surface area contributed by atoms with Gasteiger partial charge in [-0.1, -0.05) is 40.4 Å². The Hall–Kier alpha value is -1.77. The molecule has 0 radical (unpaired) electrons. The molecule has 1 saturated carbocycles. The summed E-state index contributed by atoms with van der Waals surface area (Å²) in [6.07, 6.45) is 4.75. The highest BCUT2D eigenvalue weighted by atomic mass is 28.3. The van der Waals surface area contributed by atoms with E-state index in [-0.39, 0.29) is 17.9 Å². The van der Waals surface area contributed by atoms with Crippen molar-refractivity contribution < 1.29 is 14.6 Å². The van der Waals surface area contributed by atoms with Crippen LogP contribution in [0.25, 0.3) is 11.2 Å². The first-order valence-corrected chi connectivity index (χ1v) is 14.5. The van der Waals surface area contributed by atoms with Crippen LogP contribution in [0.1, 0.15) is 49.2 Å². The molecule has 166 valence electrons. The molecular weight excluding hydrogens is 396 g/mol. The van der Waals surface area contributed by atoms with E-state index in [0.29, 0.717) is 48.4 Å². The lowest BCUT2D eigenvalue weighted by molar-refractivity contribution is 0.0883. The molecular formula is C22H36N4O3Si. The summed E-state index contributed by atoms with van der Waals surface area (Å²) in [6, 6.07) is 1.09. The van der Waals surface area contributed by atoms with Crippen LogP contribution < -0.4 is 5.32 Å². The van der Waals surface area contributed by atoms with Crippen molar-refractivity contribution in [3.8, 4) is 0 Å². The van der Waals surface area contributed by atoms with E-state index in [9.17, 15) is 9.90 Å². The van der Waals surface area contributed by atoms with Crippen molar-refractivity contribution in [2.45, 2.75) is 65.5 Å². The largest absolute Gasteiger partial charge is 0.396 e. The van der Waals surface area contributed by atoms with Gasteiger partial charge in [0, 0.05) is 45.4 Å². The third-order valence-corrected chi connectivity index (χ3v) is 7.40. The highest BCUT2D eigenvalue weighted by Gasteiger charge is 2.36. The predicted octanol–water partition coefficient (Wildman–Crippen LogP) is 3.62. The van der Waals surface area contributed by atoms with Gasteiger partial charge in [0.2, 0.25) is 0 Å². The van der Waals surface area contributed by atoms with Crippen LogP contribution in [0.15, 0.2) is 12.4 Å². The van der Waals surface area contributed by atoms with Crippen LogP contribution >= 0.6 is 0 Å². The summed E-state index contributed by atoms with van der Waals surface area (Å²) in [5.74, 6) is 0.853. The maximum atomic E-state index is 12.9. The maximum absolute atomic E-state index is 12.9. The molecule has 2 aromatic rings. The Balaban J connectivity index is 1.83. The molecule has 8 heteroatoms. The molecule has 2 atom stereocenters. The van der Waals surface area contributed by atoms with Crippen molar-refractivity contribution in [1.82, 2.24) is 19.9 Å². The Morgan fingerprint density at radius 1 is 1.40 bits per heavy atom. The first kappa shape index (κ1) is 22.9. The molecule has 3 rings (SSSR count). The molecule has 0 saturated heterocycles. The number of aromatic nitrogens is 3. The summed E-state index contributed by atoms with van der Waals surface area (Å²) in [5, 5.41) is 12.4. The van der Waals surface area contributed by atoms with Gasteiger partial charge in [0.1, 0.15) is 12.2 Å². The van der Waals surface area contributed by atoms with Crippen LogP contribution in [-0.2, 0) is 11.5 Å². The van der Waals surface area contributed by atoms with Gasteiger partial charge >= 0.3 is 0 Å². The maximum Gasteiger partial charge on any atom is 0.255 e. The first-order chi connectivity index (χ1) is 14.0. The Bertz CT molecular complexity index is 904. The normalized spacial score (nSPS) is 19.3. The van der Waals surface area contributed by atoms with Crippen LogP contribution in [0.4, 0.5) is 0 Å². The predicted molar refractivity (Wildman–Crippen MR) is 121 cm³/mol. The fourth-order valence-corrected chi connectivity index (χ4v) is 4.01. The minimum absolute atomic E-state index is 0.00346. The smallest absolute Gasteiger partial charge is 0.255 e. The van der Waals surface area contributed by atoms with E-state index >= 15 is 0 Å². The SMILES string of the molecule is C[C@@H]1C[C@H]1c1cnc2c(n1)c(C(=O)NCC(C)(C)CO)cn2COCC[Si](C)(C)C. The average molecular weight is 433 g/mol. The van der Waals surface area contributed by atoms with Crippen LogP contribution in [0.2, 0.25) is 25.7 Å². The number of nitrogens with zero attached hydrogens (tertiary/aromatic N) is 3. The fourth-order valence-electron chi connectivity index (χ4n) is 3.25. The number of amides is 1. The molecule has 0 spiro atoms. The molecule has 2 aromatic heterocycles. The van der Waals surface area contributed by atoms with E-state index in [0.717, 1.165) is 18.2 Å². The molecule has 0 bridgehead atoms. The van der Waals surface area contributed by atoms with E-state index < -0.39 is 8.07 Å². The molecule has 1 fully saturated rings. The highest BCUT2D eigenvalue weighted by Crippen LogP contribution is 2.46.